The summed E-state index contributed by atoms with van der Waals surface area (Å²) in [6.45, 7) is 0.813. The molecule has 0 heterocycles. The van der Waals surface area contributed by atoms with Crippen LogP contribution in [-0.4, -0.2) is 15.0 Å². The Hall–Kier alpha value is -0.620. The molecule has 106 valence electrons. The molecule has 1 aliphatic rings. The van der Waals surface area contributed by atoms with Crippen molar-refractivity contribution in [3.8, 4) is 0 Å². The van der Waals surface area contributed by atoms with Gasteiger partial charge in [-0.2, -0.15) is 0 Å². The number of nitrogens with one attached hydrogen (secondary N) is 1. The van der Waals surface area contributed by atoms with Gasteiger partial charge in [-0.25, -0.2) is 13.1 Å². The van der Waals surface area contributed by atoms with Gasteiger partial charge in [-0.15, -0.1) is 0 Å². The topological polar surface area (TPSA) is 72.2 Å². The number of hydrogen-bond acceptors (Lipinski definition) is 3. The van der Waals surface area contributed by atoms with Gasteiger partial charge in [-0.05, 0) is 36.5 Å². The van der Waals surface area contributed by atoms with Crippen molar-refractivity contribution in [1.82, 2.24) is 4.72 Å². The Morgan fingerprint density at radius 3 is 2.58 bits per heavy atom. The summed E-state index contributed by atoms with van der Waals surface area (Å²) in [5.74, 6) is 0.466. The largest absolute Gasteiger partial charge is 0.326 e. The fourth-order valence-corrected chi connectivity index (χ4v) is 3.85. The molecule has 1 saturated carbocycles. The Bertz CT molecular complexity index is 540. The fraction of sp³-hybridized carbons (Fsp3) is 0.538. The van der Waals surface area contributed by atoms with Gasteiger partial charge in [0, 0.05) is 18.1 Å². The normalized spacial score (nSPS) is 16.9. The molecular weight excluding hydrogens is 284 g/mol. The molecule has 19 heavy (non-hydrogen) atoms. The van der Waals surface area contributed by atoms with E-state index in [1.165, 1.54) is 18.9 Å². The Morgan fingerprint density at radius 2 is 2.00 bits per heavy atom. The van der Waals surface area contributed by atoms with Gasteiger partial charge in [0.25, 0.3) is 0 Å². The van der Waals surface area contributed by atoms with Crippen molar-refractivity contribution in [2.45, 2.75) is 37.1 Å². The van der Waals surface area contributed by atoms with Crippen molar-refractivity contribution in [3.63, 3.8) is 0 Å². The average molecular weight is 303 g/mol. The van der Waals surface area contributed by atoms with Crippen molar-refractivity contribution in [2.24, 2.45) is 11.7 Å². The van der Waals surface area contributed by atoms with Crippen molar-refractivity contribution >= 4 is 21.6 Å². The van der Waals surface area contributed by atoms with Crippen molar-refractivity contribution < 1.29 is 8.42 Å². The van der Waals surface area contributed by atoms with Gasteiger partial charge in [0.1, 0.15) is 0 Å². The highest BCUT2D eigenvalue weighted by Gasteiger charge is 2.20. The van der Waals surface area contributed by atoms with Crippen LogP contribution in [-0.2, 0) is 16.6 Å². The van der Waals surface area contributed by atoms with E-state index in [0.29, 0.717) is 24.0 Å². The van der Waals surface area contributed by atoms with Crippen LogP contribution in [0.1, 0.15) is 31.2 Å². The van der Waals surface area contributed by atoms with Crippen LogP contribution in [0.4, 0.5) is 0 Å². The molecule has 1 aromatic carbocycles. The predicted octanol–water partition coefficient (Wildman–Crippen LogP) is 2.27. The molecule has 3 N–H and O–H groups in total. The second-order valence-electron chi connectivity index (χ2n) is 4.96. The van der Waals surface area contributed by atoms with E-state index >= 15 is 0 Å². The maximum absolute atomic E-state index is 12.1. The Kier molecular flexibility index (Phi) is 4.84. The molecule has 6 heteroatoms. The van der Waals surface area contributed by atoms with Crippen LogP contribution < -0.4 is 10.5 Å². The standard InChI is InChI=1S/C13H19ClN2O2S/c14-13-7-12(6-5-11(13)8-15)19(17,18)16-9-10-3-1-2-4-10/h5-7,10,16H,1-4,8-9,15H2. The van der Waals surface area contributed by atoms with Crippen LogP contribution in [0.3, 0.4) is 0 Å². The molecule has 1 aromatic rings. The minimum atomic E-state index is -3.47. The molecule has 1 aliphatic carbocycles. The minimum Gasteiger partial charge on any atom is -0.326 e. The summed E-state index contributed by atoms with van der Waals surface area (Å²) in [5, 5.41) is 0.395. The first kappa shape index (κ1) is 14.8. The lowest BCUT2D eigenvalue weighted by molar-refractivity contribution is 0.519. The lowest BCUT2D eigenvalue weighted by atomic mass is 10.1. The molecule has 0 saturated heterocycles. The van der Waals surface area contributed by atoms with Gasteiger partial charge in [0.15, 0.2) is 0 Å². The molecule has 0 atom stereocenters. The maximum Gasteiger partial charge on any atom is 0.240 e. The molecule has 0 bridgehead atoms. The third-order valence-electron chi connectivity index (χ3n) is 3.59. The Morgan fingerprint density at radius 1 is 1.32 bits per heavy atom. The summed E-state index contributed by atoms with van der Waals surface area (Å²) in [6.07, 6.45) is 4.61. The first-order valence-electron chi connectivity index (χ1n) is 6.51. The first-order chi connectivity index (χ1) is 9.03. The van der Waals surface area contributed by atoms with Crippen LogP contribution in [0.5, 0.6) is 0 Å². The van der Waals surface area contributed by atoms with Crippen molar-refractivity contribution in [1.29, 1.82) is 0 Å². The van der Waals surface area contributed by atoms with Crippen LogP contribution in [0.25, 0.3) is 0 Å². The average Bonchev–Trinajstić information content (AvgIpc) is 2.89. The molecule has 4 nitrogen and oxygen atoms in total. The summed E-state index contributed by atoms with van der Waals surface area (Å²) in [6, 6.07) is 4.66. The zero-order chi connectivity index (χ0) is 13.9. The van der Waals surface area contributed by atoms with Gasteiger partial charge in [0.05, 0.1) is 4.90 Å². The van der Waals surface area contributed by atoms with Gasteiger partial charge >= 0.3 is 0 Å². The van der Waals surface area contributed by atoms with E-state index in [4.69, 9.17) is 17.3 Å². The van der Waals surface area contributed by atoms with E-state index < -0.39 is 10.0 Å². The Labute approximate surface area is 119 Å². The highest BCUT2D eigenvalue weighted by molar-refractivity contribution is 7.89. The second kappa shape index (κ2) is 6.22. The summed E-state index contributed by atoms with van der Waals surface area (Å²) in [7, 11) is -3.47. The lowest BCUT2D eigenvalue weighted by Gasteiger charge is -2.12. The Balaban J connectivity index is 2.08. The molecule has 0 spiro atoms. The molecule has 0 radical (unpaired) electrons. The van der Waals surface area contributed by atoms with E-state index in [1.54, 1.807) is 12.1 Å². The molecule has 0 unspecified atom stereocenters. The number of nitrogens with two attached hydrogens (primary N) is 1. The van der Waals surface area contributed by atoms with Gasteiger partial charge in [-0.3, -0.25) is 0 Å². The van der Waals surface area contributed by atoms with Crippen molar-refractivity contribution in [2.75, 3.05) is 6.54 Å². The zero-order valence-electron chi connectivity index (χ0n) is 10.7. The number of rotatable bonds is 5. The lowest BCUT2D eigenvalue weighted by Crippen LogP contribution is -2.28. The smallest absolute Gasteiger partial charge is 0.240 e. The summed E-state index contributed by atoms with van der Waals surface area (Å²) >= 11 is 5.99. The molecule has 0 aliphatic heterocycles. The van der Waals surface area contributed by atoms with Gasteiger partial charge < -0.3 is 5.73 Å². The van der Waals surface area contributed by atoms with Crippen LogP contribution in [0.15, 0.2) is 23.1 Å². The monoisotopic (exact) mass is 302 g/mol. The van der Waals surface area contributed by atoms with Crippen LogP contribution in [0.2, 0.25) is 5.02 Å². The van der Waals surface area contributed by atoms with Gasteiger partial charge in [0.2, 0.25) is 10.0 Å². The number of halogens is 1. The maximum atomic E-state index is 12.1. The van der Waals surface area contributed by atoms with Crippen LogP contribution >= 0.6 is 11.6 Å². The number of sulfonamides is 1. The van der Waals surface area contributed by atoms with Crippen LogP contribution in [0, 0.1) is 5.92 Å². The van der Waals surface area contributed by atoms with E-state index in [9.17, 15) is 8.42 Å². The molecule has 0 amide bonds. The molecule has 1 fully saturated rings. The zero-order valence-corrected chi connectivity index (χ0v) is 12.3. The van der Waals surface area contributed by atoms with E-state index in [2.05, 4.69) is 4.72 Å². The summed E-state index contributed by atoms with van der Waals surface area (Å²) < 4.78 is 26.9. The SMILES string of the molecule is NCc1ccc(S(=O)(=O)NCC2CCCC2)cc1Cl. The van der Waals surface area contributed by atoms with E-state index in [0.717, 1.165) is 18.4 Å². The van der Waals surface area contributed by atoms with E-state index in [1.807, 2.05) is 0 Å². The first-order valence-corrected chi connectivity index (χ1v) is 8.37. The number of benzene rings is 1. The number of hydrogen-bond donors (Lipinski definition) is 2. The second-order valence-corrected chi connectivity index (χ2v) is 7.13. The quantitative estimate of drug-likeness (QED) is 0.876. The highest BCUT2D eigenvalue weighted by atomic mass is 35.5. The fourth-order valence-electron chi connectivity index (χ4n) is 2.39. The molecular formula is C13H19ClN2O2S. The highest BCUT2D eigenvalue weighted by Crippen LogP contribution is 2.25. The van der Waals surface area contributed by atoms with Gasteiger partial charge in [-0.1, -0.05) is 30.5 Å². The predicted molar refractivity (Wildman–Crippen MR) is 76.5 cm³/mol. The van der Waals surface area contributed by atoms with Crippen molar-refractivity contribution in [3.05, 3.63) is 28.8 Å². The van der Waals surface area contributed by atoms with E-state index in [-0.39, 0.29) is 4.90 Å². The third-order valence-corrected chi connectivity index (χ3v) is 5.36. The minimum absolute atomic E-state index is 0.202. The summed E-state index contributed by atoms with van der Waals surface area (Å²) in [5.41, 5.74) is 6.25. The molecule has 0 aromatic heterocycles. The molecule has 2 rings (SSSR count). The third kappa shape index (κ3) is 3.69. The summed E-state index contributed by atoms with van der Waals surface area (Å²) in [4.78, 5) is 0.202.